The second-order valence-corrected chi connectivity index (χ2v) is 2.86. The van der Waals surface area contributed by atoms with Crippen molar-refractivity contribution in [1.82, 2.24) is 0 Å². The highest BCUT2D eigenvalue weighted by Gasteiger charge is 2.03. The molecule has 0 bridgehead atoms. The normalized spacial score (nSPS) is 10.2. The van der Waals surface area contributed by atoms with Crippen molar-refractivity contribution in [2.45, 2.75) is 0 Å². The van der Waals surface area contributed by atoms with Crippen molar-refractivity contribution in [1.29, 1.82) is 0 Å². The molecule has 2 rings (SSSR count). The Morgan fingerprint density at radius 2 is 1.54 bits per heavy atom. The van der Waals surface area contributed by atoms with Crippen LogP contribution in [0.25, 0.3) is 11.1 Å². The first-order valence-corrected chi connectivity index (χ1v) is 3.99. The van der Waals surface area contributed by atoms with Gasteiger partial charge in [0.1, 0.15) is 0 Å². The lowest BCUT2D eigenvalue weighted by Gasteiger charge is -1.99. The SMILES string of the molecule is O=c1cc2cccccc-2cc1O. The lowest BCUT2D eigenvalue weighted by Crippen LogP contribution is -1.98. The first kappa shape index (κ1) is 7.80. The molecule has 0 saturated heterocycles. The van der Waals surface area contributed by atoms with Crippen LogP contribution < -0.4 is 5.43 Å². The Labute approximate surface area is 75.4 Å². The Morgan fingerprint density at radius 3 is 2.23 bits per heavy atom. The van der Waals surface area contributed by atoms with Crippen LogP contribution in [-0.2, 0) is 0 Å². The number of fused-ring (bicyclic) bond motifs is 1. The number of aromatic hydroxyl groups is 1. The van der Waals surface area contributed by atoms with Gasteiger partial charge in [0.15, 0.2) is 5.75 Å². The second-order valence-electron chi connectivity index (χ2n) is 2.86. The molecule has 0 aliphatic heterocycles. The summed E-state index contributed by atoms with van der Waals surface area (Å²) in [6.07, 6.45) is 0. The predicted octanol–water partition coefficient (Wildman–Crippen LogP) is 1.86. The van der Waals surface area contributed by atoms with E-state index >= 15 is 0 Å². The number of benzene rings is 1. The largest absolute Gasteiger partial charge is 0.504 e. The van der Waals surface area contributed by atoms with E-state index in [4.69, 9.17) is 0 Å². The van der Waals surface area contributed by atoms with Gasteiger partial charge in [-0.05, 0) is 23.3 Å². The summed E-state index contributed by atoms with van der Waals surface area (Å²) in [6, 6.07) is 12.2. The van der Waals surface area contributed by atoms with Gasteiger partial charge in [-0.25, -0.2) is 0 Å². The first-order chi connectivity index (χ1) is 6.27. The standard InChI is InChI=1S/C11H8O2/c12-10-6-8-4-2-1-3-5-9(8)7-11(10)13/h1-7,12H. The molecule has 0 aromatic rings. The Morgan fingerprint density at radius 1 is 0.923 bits per heavy atom. The third-order valence-corrected chi connectivity index (χ3v) is 1.94. The fraction of sp³-hybridized carbons (Fsp3) is 0. The van der Waals surface area contributed by atoms with Crippen molar-refractivity contribution in [3.63, 3.8) is 0 Å². The molecule has 0 atom stereocenters. The zero-order valence-electron chi connectivity index (χ0n) is 6.90. The molecule has 0 aromatic carbocycles. The molecule has 0 amide bonds. The average molecular weight is 172 g/mol. The lowest BCUT2D eigenvalue weighted by molar-refractivity contribution is 0.470. The van der Waals surface area contributed by atoms with E-state index in [0.717, 1.165) is 11.1 Å². The van der Waals surface area contributed by atoms with E-state index in [9.17, 15) is 9.90 Å². The van der Waals surface area contributed by atoms with Crippen molar-refractivity contribution in [2.24, 2.45) is 0 Å². The van der Waals surface area contributed by atoms with Crippen LogP contribution in [0.15, 0.2) is 47.3 Å². The number of hydrogen-bond donors (Lipinski definition) is 1. The summed E-state index contributed by atoms with van der Waals surface area (Å²) in [5.41, 5.74) is 1.37. The van der Waals surface area contributed by atoms with Crippen LogP contribution in [-0.4, -0.2) is 5.11 Å². The summed E-state index contributed by atoms with van der Waals surface area (Å²) < 4.78 is 0. The summed E-state index contributed by atoms with van der Waals surface area (Å²) in [5, 5.41) is 9.19. The molecule has 2 nitrogen and oxygen atoms in total. The number of phenolic OH excluding ortho intramolecular Hbond substituents is 1. The molecule has 64 valence electrons. The fourth-order valence-electron chi connectivity index (χ4n) is 1.27. The van der Waals surface area contributed by atoms with Gasteiger partial charge in [-0.1, -0.05) is 30.3 Å². The van der Waals surface area contributed by atoms with Crippen LogP contribution in [0.4, 0.5) is 0 Å². The van der Waals surface area contributed by atoms with Gasteiger partial charge in [-0.2, -0.15) is 0 Å². The van der Waals surface area contributed by atoms with E-state index in [1.54, 1.807) is 0 Å². The summed E-state index contributed by atoms with van der Waals surface area (Å²) in [5.74, 6) is -0.196. The summed E-state index contributed by atoms with van der Waals surface area (Å²) in [7, 11) is 0. The quantitative estimate of drug-likeness (QED) is 0.658. The molecule has 13 heavy (non-hydrogen) atoms. The van der Waals surface area contributed by atoms with Crippen molar-refractivity contribution < 1.29 is 5.11 Å². The van der Waals surface area contributed by atoms with Gasteiger partial charge in [0.25, 0.3) is 0 Å². The van der Waals surface area contributed by atoms with Crippen LogP contribution in [0.5, 0.6) is 5.75 Å². The monoisotopic (exact) mass is 172 g/mol. The maximum absolute atomic E-state index is 11.1. The van der Waals surface area contributed by atoms with Crippen molar-refractivity contribution in [2.75, 3.05) is 0 Å². The van der Waals surface area contributed by atoms with E-state index in [1.165, 1.54) is 12.1 Å². The number of rotatable bonds is 0. The molecule has 0 heterocycles. The molecule has 0 spiro atoms. The molecular formula is C11H8O2. The maximum atomic E-state index is 11.1. The zero-order chi connectivity index (χ0) is 9.26. The highest BCUT2D eigenvalue weighted by molar-refractivity contribution is 5.65. The fourth-order valence-corrected chi connectivity index (χ4v) is 1.27. The Balaban J connectivity index is 2.85. The Bertz CT molecular complexity index is 463. The summed E-state index contributed by atoms with van der Waals surface area (Å²) in [6.45, 7) is 0. The molecule has 0 radical (unpaired) electrons. The van der Waals surface area contributed by atoms with E-state index in [1.807, 2.05) is 30.3 Å². The molecule has 2 aliphatic carbocycles. The minimum atomic E-state index is -0.335. The smallest absolute Gasteiger partial charge is 0.220 e. The van der Waals surface area contributed by atoms with Crippen LogP contribution in [0, 0.1) is 0 Å². The lowest BCUT2D eigenvalue weighted by atomic mass is 10.1. The minimum Gasteiger partial charge on any atom is -0.504 e. The zero-order valence-corrected chi connectivity index (χ0v) is 6.90. The molecule has 0 aromatic heterocycles. The van der Waals surface area contributed by atoms with Gasteiger partial charge < -0.3 is 5.11 Å². The highest BCUT2D eigenvalue weighted by Crippen LogP contribution is 2.20. The Hall–Kier alpha value is -1.83. The molecule has 2 aliphatic rings. The van der Waals surface area contributed by atoms with Crippen molar-refractivity contribution in [3.05, 3.63) is 52.7 Å². The van der Waals surface area contributed by atoms with Gasteiger partial charge in [0.2, 0.25) is 5.43 Å². The summed E-state index contributed by atoms with van der Waals surface area (Å²) in [4.78, 5) is 11.1. The topological polar surface area (TPSA) is 37.3 Å². The third-order valence-electron chi connectivity index (χ3n) is 1.94. The molecule has 0 unspecified atom stereocenters. The van der Waals surface area contributed by atoms with E-state index < -0.39 is 0 Å². The Kier molecular flexibility index (Phi) is 1.74. The van der Waals surface area contributed by atoms with Crippen LogP contribution in [0.3, 0.4) is 0 Å². The molecule has 2 heteroatoms. The first-order valence-electron chi connectivity index (χ1n) is 3.99. The molecule has 0 fully saturated rings. The third kappa shape index (κ3) is 1.38. The minimum absolute atomic E-state index is 0.196. The average Bonchev–Trinajstić information content (AvgIpc) is 2.31. The highest BCUT2D eigenvalue weighted by atomic mass is 16.3. The number of phenols is 1. The van der Waals surface area contributed by atoms with Crippen LogP contribution >= 0.6 is 0 Å². The van der Waals surface area contributed by atoms with E-state index in [-0.39, 0.29) is 11.2 Å². The van der Waals surface area contributed by atoms with Crippen LogP contribution in [0.1, 0.15) is 0 Å². The number of hydrogen-bond acceptors (Lipinski definition) is 2. The van der Waals surface area contributed by atoms with E-state index in [0.29, 0.717) is 0 Å². The van der Waals surface area contributed by atoms with Gasteiger partial charge in [-0.15, -0.1) is 0 Å². The maximum Gasteiger partial charge on any atom is 0.220 e. The van der Waals surface area contributed by atoms with Gasteiger partial charge in [0, 0.05) is 0 Å². The van der Waals surface area contributed by atoms with Gasteiger partial charge in [-0.3, -0.25) is 4.79 Å². The van der Waals surface area contributed by atoms with Crippen LogP contribution in [0.2, 0.25) is 0 Å². The van der Waals surface area contributed by atoms with E-state index in [2.05, 4.69) is 0 Å². The van der Waals surface area contributed by atoms with Gasteiger partial charge in [0.05, 0.1) is 0 Å². The second kappa shape index (κ2) is 2.90. The summed E-state index contributed by atoms with van der Waals surface area (Å²) >= 11 is 0. The molecular weight excluding hydrogens is 164 g/mol. The van der Waals surface area contributed by atoms with Gasteiger partial charge >= 0.3 is 0 Å². The molecule has 1 N–H and O–H groups in total. The molecule has 0 saturated carbocycles. The predicted molar refractivity (Wildman–Crippen MR) is 51.0 cm³/mol. The van der Waals surface area contributed by atoms with Crippen molar-refractivity contribution in [3.8, 4) is 16.9 Å². The van der Waals surface area contributed by atoms with Crippen molar-refractivity contribution >= 4 is 0 Å².